The molecule has 168 valence electrons. The molecule has 0 aliphatic rings. The molecule has 0 saturated carbocycles. The van der Waals surface area contributed by atoms with Crippen molar-refractivity contribution in [2.45, 2.75) is 90.5 Å². The van der Waals surface area contributed by atoms with Gasteiger partial charge in [0.2, 0.25) is 5.91 Å². The Labute approximate surface area is 182 Å². The number of nitrogens with one attached hydrogen (secondary N) is 1. The molecule has 30 heavy (non-hydrogen) atoms. The molecule has 5 nitrogen and oxygen atoms in total. The number of carbonyl (C=O) groups is 1. The Bertz CT molecular complexity index is 726. The van der Waals surface area contributed by atoms with Crippen LogP contribution < -0.4 is 5.32 Å². The molecule has 0 atom stereocenters. The standard InChI is InChI=1S/C25H41N3O2/c1-3-4-5-6-7-8-9-15-20-28-23-17-13-12-16-22(23)27-24(28)18-11-10-14-19-26-25(29)21-30-2/h12-13,16-17H,3-11,14-15,18-21H2,1-2H3,(H,26,29). The molecule has 5 heteroatoms. The van der Waals surface area contributed by atoms with E-state index in [1.54, 1.807) is 7.11 Å². The minimum Gasteiger partial charge on any atom is -0.375 e. The molecule has 0 spiro atoms. The zero-order valence-corrected chi connectivity index (χ0v) is 19.1. The summed E-state index contributed by atoms with van der Waals surface area (Å²) in [7, 11) is 1.54. The second-order valence-electron chi connectivity index (χ2n) is 8.24. The maximum absolute atomic E-state index is 11.4. The average Bonchev–Trinajstić information content (AvgIpc) is 3.10. The Hall–Kier alpha value is -1.88. The first kappa shape index (κ1) is 24.4. The maximum atomic E-state index is 11.4. The van der Waals surface area contributed by atoms with Gasteiger partial charge in [-0.05, 0) is 31.4 Å². The number of fused-ring (bicyclic) bond motifs is 1. The van der Waals surface area contributed by atoms with Crippen LogP contribution in [0.2, 0.25) is 0 Å². The molecule has 0 bridgehead atoms. The van der Waals surface area contributed by atoms with E-state index in [1.165, 1.54) is 62.7 Å². The van der Waals surface area contributed by atoms with E-state index in [0.29, 0.717) is 0 Å². The summed E-state index contributed by atoms with van der Waals surface area (Å²) in [5, 5.41) is 2.89. The highest BCUT2D eigenvalue weighted by atomic mass is 16.5. The van der Waals surface area contributed by atoms with Crippen LogP contribution in [-0.2, 0) is 22.5 Å². The van der Waals surface area contributed by atoms with Crippen LogP contribution in [-0.4, -0.2) is 35.7 Å². The van der Waals surface area contributed by atoms with Crippen LogP contribution in [0.25, 0.3) is 11.0 Å². The number of methoxy groups -OCH3 is 1. The van der Waals surface area contributed by atoms with Gasteiger partial charge in [0.15, 0.2) is 0 Å². The van der Waals surface area contributed by atoms with Crippen molar-refractivity contribution in [3.63, 3.8) is 0 Å². The van der Waals surface area contributed by atoms with E-state index < -0.39 is 0 Å². The fourth-order valence-corrected chi connectivity index (χ4v) is 3.96. The zero-order valence-electron chi connectivity index (χ0n) is 19.1. The van der Waals surface area contributed by atoms with Crippen molar-refractivity contribution in [2.24, 2.45) is 0 Å². The SMILES string of the molecule is CCCCCCCCCCn1c(CCCCCNC(=O)COC)nc2ccccc21. The summed E-state index contributed by atoms with van der Waals surface area (Å²) in [6.07, 6.45) is 14.9. The molecular weight excluding hydrogens is 374 g/mol. The largest absolute Gasteiger partial charge is 0.375 e. The highest BCUT2D eigenvalue weighted by molar-refractivity contribution is 5.77. The van der Waals surface area contributed by atoms with Gasteiger partial charge in [-0.2, -0.15) is 0 Å². The molecule has 2 rings (SSSR count). The first-order chi connectivity index (χ1) is 14.8. The van der Waals surface area contributed by atoms with Crippen LogP contribution in [0.1, 0.15) is 83.4 Å². The van der Waals surface area contributed by atoms with E-state index in [0.717, 1.165) is 44.3 Å². The van der Waals surface area contributed by atoms with Gasteiger partial charge in [-0.25, -0.2) is 4.98 Å². The highest BCUT2D eigenvalue weighted by Gasteiger charge is 2.10. The van der Waals surface area contributed by atoms with Crippen LogP contribution in [0.15, 0.2) is 24.3 Å². The number of nitrogens with zero attached hydrogens (tertiary/aromatic N) is 2. The number of unbranched alkanes of at least 4 members (excludes halogenated alkanes) is 9. The fraction of sp³-hybridized carbons (Fsp3) is 0.680. The number of imidazole rings is 1. The van der Waals surface area contributed by atoms with Gasteiger partial charge < -0.3 is 14.6 Å². The van der Waals surface area contributed by atoms with Gasteiger partial charge >= 0.3 is 0 Å². The van der Waals surface area contributed by atoms with Crippen molar-refractivity contribution >= 4 is 16.9 Å². The first-order valence-corrected chi connectivity index (χ1v) is 12.0. The van der Waals surface area contributed by atoms with E-state index in [9.17, 15) is 4.79 Å². The zero-order chi connectivity index (χ0) is 21.4. The van der Waals surface area contributed by atoms with Gasteiger partial charge in [0.05, 0.1) is 11.0 Å². The summed E-state index contributed by atoms with van der Waals surface area (Å²) in [5.74, 6) is 1.17. The molecule has 0 unspecified atom stereocenters. The summed E-state index contributed by atoms with van der Waals surface area (Å²) >= 11 is 0. The van der Waals surface area contributed by atoms with Crippen molar-refractivity contribution < 1.29 is 9.53 Å². The van der Waals surface area contributed by atoms with Gasteiger partial charge in [-0.15, -0.1) is 0 Å². The molecule has 1 N–H and O–H groups in total. The molecule has 1 heterocycles. The van der Waals surface area contributed by atoms with E-state index in [2.05, 4.69) is 41.1 Å². The normalized spacial score (nSPS) is 11.3. The fourth-order valence-electron chi connectivity index (χ4n) is 3.96. The van der Waals surface area contributed by atoms with Crippen molar-refractivity contribution in [1.82, 2.24) is 14.9 Å². The lowest BCUT2D eigenvalue weighted by Crippen LogP contribution is -2.27. The molecule has 2 aromatic rings. The second kappa shape index (κ2) is 15.0. The minimum atomic E-state index is -0.0374. The van der Waals surface area contributed by atoms with E-state index >= 15 is 0 Å². The number of carbonyl (C=O) groups excluding carboxylic acids is 1. The molecule has 0 aliphatic heterocycles. The lowest BCUT2D eigenvalue weighted by molar-refractivity contribution is -0.124. The van der Waals surface area contributed by atoms with Gasteiger partial charge in [0.1, 0.15) is 12.4 Å². The predicted molar refractivity (Wildman–Crippen MR) is 125 cm³/mol. The number of ether oxygens (including phenoxy) is 1. The molecule has 1 aromatic heterocycles. The first-order valence-electron chi connectivity index (χ1n) is 12.0. The van der Waals surface area contributed by atoms with Crippen LogP contribution in [0.4, 0.5) is 0 Å². The predicted octanol–water partition coefficient (Wildman–Crippen LogP) is 5.65. The number of aryl methyl sites for hydroxylation is 2. The number of aromatic nitrogens is 2. The lowest BCUT2D eigenvalue weighted by atomic mass is 10.1. The third-order valence-electron chi connectivity index (χ3n) is 5.64. The summed E-state index contributed by atoms with van der Waals surface area (Å²) < 4.78 is 7.27. The van der Waals surface area contributed by atoms with Crippen LogP contribution in [0.5, 0.6) is 0 Å². The number of amides is 1. The summed E-state index contributed by atoms with van der Waals surface area (Å²) in [6.45, 7) is 4.20. The topological polar surface area (TPSA) is 56.2 Å². The highest BCUT2D eigenvalue weighted by Crippen LogP contribution is 2.19. The van der Waals surface area contributed by atoms with Gasteiger partial charge in [0.25, 0.3) is 0 Å². The Balaban J connectivity index is 1.74. The number of hydrogen-bond acceptors (Lipinski definition) is 3. The number of benzene rings is 1. The van der Waals surface area contributed by atoms with Crippen LogP contribution >= 0.6 is 0 Å². The van der Waals surface area contributed by atoms with E-state index in [1.807, 2.05) is 0 Å². The van der Waals surface area contributed by atoms with E-state index in [4.69, 9.17) is 9.72 Å². The van der Waals surface area contributed by atoms with Gasteiger partial charge in [0, 0.05) is 26.6 Å². The Kier molecular flexibility index (Phi) is 12.2. The molecular formula is C25H41N3O2. The summed E-state index contributed by atoms with van der Waals surface area (Å²) in [6, 6.07) is 8.50. The molecule has 0 radical (unpaired) electrons. The average molecular weight is 416 g/mol. The quantitative estimate of drug-likeness (QED) is 0.340. The minimum absolute atomic E-state index is 0.0374. The van der Waals surface area contributed by atoms with E-state index in [-0.39, 0.29) is 12.5 Å². The summed E-state index contributed by atoms with van der Waals surface area (Å²) in [4.78, 5) is 16.3. The number of hydrogen-bond donors (Lipinski definition) is 1. The number of rotatable bonds is 17. The Morgan fingerprint density at radius 3 is 2.43 bits per heavy atom. The van der Waals surface area contributed by atoms with Crippen molar-refractivity contribution in [3.8, 4) is 0 Å². The van der Waals surface area contributed by atoms with Crippen LogP contribution in [0, 0.1) is 0 Å². The molecule has 0 saturated heterocycles. The summed E-state index contributed by atoms with van der Waals surface area (Å²) in [5.41, 5.74) is 2.38. The lowest BCUT2D eigenvalue weighted by Gasteiger charge is -2.10. The van der Waals surface area contributed by atoms with Crippen LogP contribution in [0.3, 0.4) is 0 Å². The number of para-hydroxylation sites is 2. The molecule has 1 amide bonds. The smallest absolute Gasteiger partial charge is 0.245 e. The van der Waals surface area contributed by atoms with Crippen molar-refractivity contribution in [2.75, 3.05) is 20.3 Å². The van der Waals surface area contributed by atoms with Gasteiger partial charge in [-0.1, -0.05) is 70.4 Å². The van der Waals surface area contributed by atoms with Crippen molar-refractivity contribution in [1.29, 1.82) is 0 Å². The third kappa shape index (κ3) is 8.86. The van der Waals surface area contributed by atoms with Crippen molar-refractivity contribution in [3.05, 3.63) is 30.1 Å². The molecule has 1 aromatic carbocycles. The monoisotopic (exact) mass is 415 g/mol. The Morgan fingerprint density at radius 2 is 1.67 bits per heavy atom. The second-order valence-corrected chi connectivity index (χ2v) is 8.24. The molecule has 0 aliphatic carbocycles. The molecule has 0 fully saturated rings. The maximum Gasteiger partial charge on any atom is 0.245 e. The Morgan fingerprint density at radius 1 is 0.967 bits per heavy atom. The third-order valence-corrected chi connectivity index (χ3v) is 5.64. The van der Waals surface area contributed by atoms with Gasteiger partial charge in [-0.3, -0.25) is 4.79 Å².